The van der Waals surface area contributed by atoms with E-state index in [0.29, 0.717) is 48.5 Å². The molecule has 0 N–H and O–H groups in total. The largest absolute Gasteiger partial charge is 0.469 e. The van der Waals surface area contributed by atoms with Gasteiger partial charge in [0.15, 0.2) is 11.6 Å². The predicted molar refractivity (Wildman–Crippen MR) is 124 cm³/mol. The van der Waals surface area contributed by atoms with Crippen LogP contribution in [0.25, 0.3) is 0 Å². The van der Waals surface area contributed by atoms with Crippen LogP contribution in [-0.2, 0) is 13.0 Å². The zero-order chi connectivity index (χ0) is 24.2. The van der Waals surface area contributed by atoms with E-state index in [-0.39, 0.29) is 23.7 Å². The SMILES string of the molecule is Cc1occc1C(=O)N(C)[C@H](Cc1ccccc1F)C1CCN(Cc2cccc(F)c2F)CC1. The molecule has 0 saturated carbocycles. The van der Waals surface area contributed by atoms with Crippen molar-refractivity contribution in [2.24, 2.45) is 5.92 Å². The number of hydrogen-bond acceptors (Lipinski definition) is 3. The Balaban J connectivity index is 1.50. The number of amides is 1. The molecule has 4 rings (SSSR count). The molecule has 1 atom stereocenters. The normalized spacial score (nSPS) is 15.9. The number of furan rings is 1. The van der Waals surface area contributed by atoms with Crippen LogP contribution in [0.3, 0.4) is 0 Å². The molecule has 7 heteroatoms. The number of likely N-dealkylation sites (tertiary alicyclic amines) is 1. The monoisotopic (exact) mass is 470 g/mol. The van der Waals surface area contributed by atoms with Crippen LogP contribution in [0.5, 0.6) is 0 Å². The summed E-state index contributed by atoms with van der Waals surface area (Å²) in [5.74, 6) is -1.40. The quantitative estimate of drug-likeness (QED) is 0.451. The van der Waals surface area contributed by atoms with Crippen molar-refractivity contribution >= 4 is 5.91 Å². The Morgan fingerprint density at radius 1 is 1.03 bits per heavy atom. The van der Waals surface area contributed by atoms with Crippen molar-refractivity contribution < 1.29 is 22.4 Å². The molecule has 1 aliphatic heterocycles. The number of carbonyl (C=O) groups is 1. The minimum absolute atomic E-state index is 0.134. The third-order valence-electron chi connectivity index (χ3n) is 6.90. The van der Waals surface area contributed by atoms with E-state index in [4.69, 9.17) is 4.42 Å². The third kappa shape index (κ3) is 5.20. The Labute approximate surface area is 198 Å². The second kappa shape index (κ2) is 10.5. The molecule has 0 aliphatic carbocycles. The van der Waals surface area contributed by atoms with Gasteiger partial charge in [0, 0.05) is 25.2 Å². The van der Waals surface area contributed by atoms with Crippen LogP contribution >= 0.6 is 0 Å². The topological polar surface area (TPSA) is 36.7 Å². The zero-order valence-corrected chi connectivity index (χ0v) is 19.4. The lowest BCUT2D eigenvalue weighted by molar-refractivity contribution is 0.0580. The number of hydrogen-bond donors (Lipinski definition) is 0. The molecule has 3 aromatic rings. The lowest BCUT2D eigenvalue weighted by Crippen LogP contribution is -2.47. The highest BCUT2D eigenvalue weighted by Gasteiger charge is 2.33. The molecule has 1 aliphatic rings. The van der Waals surface area contributed by atoms with Gasteiger partial charge in [-0.25, -0.2) is 13.2 Å². The van der Waals surface area contributed by atoms with Crippen molar-refractivity contribution in [2.75, 3.05) is 20.1 Å². The summed E-state index contributed by atoms with van der Waals surface area (Å²) in [6.45, 7) is 3.44. The number of aryl methyl sites for hydroxylation is 1. The molecule has 1 saturated heterocycles. The Morgan fingerprint density at radius 3 is 2.38 bits per heavy atom. The molecule has 1 amide bonds. The van der Waals surface area contributed by atoms with Crippen molar-refractivity contribution in [3.8, 4) is 0 Å². The van der Waals surface area contributed by atoms with Gasteiger partial charge < -0.3 is 9.32 Å². The van der Waals surface area contributed by atoms with E-state index < -0.39 is 11.6 Å². The summed E-state index contributed by atoms with van der Waals surface area (Å²) in [6.07, 6.45) is 3.41. The lowest BCUT2D eigenvalue weighted by Gasteiger charge is -2.40. The number of carbonyl (C=O) groups excluding carboxylic acids is 1. The van der Waals surface area contributed by atoms with Crippen molar-refractivity contribution in [1.82, 2.24) is 9.80 Å². The van der Waals surface area contributed by atoms with E-state index in [2.05, 4.69) is 4.90 Å². The number of nitrogens with zero attached hydrogens (tertiary/aromatic N) is 2. The predicted octanol–water partition coefficient (Wildman–Crippen LogP) is 5.60. The molecule has 2 aromatic carbocycles. The molecule has 0 spiro atoms. The zero-order valence-electron chi connectivity index (χ0n) is 19.4. The van der Waals surface area contributed by atoms with Crippen molar-refractivity contribution in [3.63, 3.8) is 0 Å². The first kappa shape index (κ1) is 24.1. The van der Waals surface area contributed by atoms with Gasteiger partial charge in [0.25, 0.3) is 5.91 Å². The van der Waals surface area contributed by atoms with Crippen molar-refractivity contribution in [3.05, 3.63) is 94.7 Å². The second-order valence-electron chi connectivity index (χ2n) is 9.00. The first-order chi connectivity index (χ1) is 16.3. The number of benzene rings is 2. The van der Waals surface area contributed by atoms with Crippen molar-refractivity contribution in [2.45, 2.75) is 38.8 Å². The highest BCUT2D eigenvalue weighted by molar-refractivity contribution is 5.95. The summed E-state index contributed by atoms with van der Waals surface area (Å²) < 4.78 is 47.5. The van der Waals surface area contributed by atoms with Gasteiger partial charge in [-0.2, -0.15) is 0 Å². The summed E-state index contributed by atoms with van der Waals surface area (Å²) >= 11 is 0. The molecule has 4 nitrogen and oxygen atoms in total. The van der Waals surface area contributed by atoms with Gasteiger partial charge in [-0.1, -0.05) is 30.3 Å². The Kier molecular flexibility index (Phi) is 7.41. The van der Waals surface area contributed by atoms with Crippen LogP contribution in [0, 0.1) is 30.3 Å². The van der Waals surface area contributed by atoms with Crippen LogP contribution in [0.4, 0.5) is 13.2 Å². The molecule has 1 fully saturated rings. The molecule has 1 aromatic heterocycles. The van der Waals surface area contributed by atoms with Gasteiger partial charge in [0.1, 0.15) is 11.6 Å². The standard InChI is InChI=1S/C27H29F3N2O2/c1-18-22(12-15-34-18)27(33)31(2)25(16-20-6-3-4-8-23(20)28)19-10-13-32(14-11-19)17-21-7-5-9-24(29)26(21)30/h3-9,12,15,19,25H,10-11,13-14,16-17H2,1-2H3/t25-/m1/s1. The van der Waals surface area contributed by atoms with E-state index in [0.717, 1.165) is 18.9 Å². The summed E-state index contributed by atoms with van der Waals surface area (Å²) in [5.41, 5.74) is 1.41. The molecular weight excluding hydrogens is 441 g/mol. The van der Waals surface area contributed by atoms with Gasteiger partial charge >= 0.3 is 0 Å². The van der Waals surface area contributed by atoms with Crippen LogP contribution < -0.4 is 0 Å². The van der Waals surface area contributed by atoms with Crippen LogP contribution in [0.2, 0.25) is 0 Å². The minimum atomic E-state index is -0.841. The van der Waals surface area contributed by atoms with Gasteiger partial charge in [0.2, 0.25) is 0 Å². The van der Waals surface area contributed by atoms with E-state index in [1.807, 2.05) is 0 Å². The fraction of sp³-hybridized carbons (Fsp3) is 0.370. The molecule has 180 valence electrons. The number of rotatable bonds is 7. The Bertz CT molecular complexity index is 1140. The minimum Gasteiger partial charge on any atom is -0.469 e. The summed E-state index contributed by atoms with van der Waals surface area (Å²) in [6, 6.07) is 12.3. The number of piperidine rings is 1. The summed E-state index contributed by atoms with van der Waals surface area (Å²) in [5, 5.41) is 0. The number of likely N-dealkylation sites (N-methyl/N-ethyl adjacent to an activating group) is 1. The molecule has 0 bridgehead atoms. The van der Waals surface area contributed by atoms with Gasteiger partial charge in [-0.05, 0) is 69.0 Å². The maximum absolute atomic E-state index is 14.5. The average molecular weight is 471 g/mol. The summed E-state index contributed by atoms with van der Waals surface area (Å²) in [4.78, 5) is 17.0. The first-order valence-corrected chi connectivity index (χ1v) is 11.5. The Morgan fingerprint density at radius 2 is 1.71 bits per heavy atom. The molecule has 0 radical (unpaired) electrons. The van der Waals surface area contributed by atoms with Gasteiger partial charge in [0.05, 0.1) is 11.8 Å². The molecule has 2 heterocycles. The fourth-order valence-electron chi connectivity index (χ4n) is 4.86. The molecule has 34 heavy (non-hydrogen) atoms. The third-order valence-corrected chi connectivity index (χ3v) is 6.90. The second-order valence-corrected chi connectivity index (χ2v) is 9.00. The van der Waals surface area contributed by atoms with E-state index in [1.54, 1.807) is 49.2 Å². The molecular formula is C27H29F3N2O2. The Hall–Kier alpha value is -3.06. The first-order valence-electron chi connectivity index (χ1n) is 11.5. The van der Waals surface area contributed by atoms with Crippen LogP contribution in [-0.4, -0.2) is 41.9 Å². The van der Waals surface area contributed by atoms with Crippen molar-refractivity contribution in [1.29, 1.82) is 0 Å². The van der Waals surface area contributed by atoms with E-state index in [9.17, 15) is 18.0 Å². The fourth-order valence-corrected chi connectivity index (χ4v) is 4.86. The maximum atomic E-state index is 14.5. The van der Waals surface area contributed by atoms with Crippen LogP contribution in [0.15, 0.2) is 59.2 Å². The molecule has 0 unspecified atom stereocenters. The number of halogens is 3. The highest BCUT2D eigenvalue weighted by Crippen LogP contribution is 2.29. The maximum Gasteiger partial charge on any atom is 0.257 e. The smallest absolute Gasteiger partial charge is 0.257 e. The van der Waals surface area contributed by atoms with Crippen LogP contribution in [0.1, 0.15) is 40.1 Å². The van der Waals surface area contributed by atoms with E-state index >= 15 is 0 Å². The van der Waals surface area contributed by atoms with Gasteiger partial charge in [-0.15, -0.1) is 0 Å². The lowest BCUT2D eigenvalue weighted by atomic mass is 9.84. The summed E-state index contributed by atoms with van der Waals surface area (Å²) in [7, 11) is 1.76. The average Bonchev–Trinajstić information content (AvgIpc) is 3.27. The van der Waals surface area contributed by atoms with E-state index in [1.165, 1.54) is 18.4 Å². The van der Waals surface area contributed by atoms with Gasteiger partial charge in [-0.3, -0.25) is 9.69 Å². The highest BCUT2D eigenvalue weighted by atomic mass is 19.2.